The van der Waals surface area contributed by atoms with Crippen LogP contribution in [0.1, 0.15) is 30.0 Å². The Balaban J connectivity index is 1.82. The van der Waals surface area contributed by atoms with Crippen molar-refractivity contribution in [3.8, 4) is 5.75 Å². The van der Waals surface area contributed by atoms with Gasteiger partial charge in [-0.2, -0.15) is 0 Å². The molecule has 0 saturated heterocycles. The first-order valence-corrected chi connectivity index (χ1v) is 7.26. The van der Waals surface area contributed by atoms with Gasteiger partial charge in [0.25, 0.3) is 0 Å². The summed E-state index contributed by atoms with van der Waals surface area (Å²) in [4.78, 5) is 0. The molecule has 0 radical (unpaired) electrons. The summed E-state index contributed by atoms with van der Waals surface area (Å²) in [5.41, 5.74) is 3.77. The predicted molar refractivity (Wildman–Crippen MR) is 84.0 cm³/mol. The van der Waals surface area contributed by atoms with Crippen molar-refractivity contribution in [1.29, 1.82) is 0 Å². The highest BCUT2D eigenvalue weighted by molar-refractivity contribution is 5.28. The van der Waals surface area contributed by atoms with E-state index in [2.05, 4.69) is 55.6 Å². The van der Waals surface area contributed by atoms with E-state index in [9.17, 15) is 0 Å². The molecule has 0 fully saturated rings. The highest BCUT2D eigenvalue weighted by Gasteiger charge is 1.97. The number of rotatable bonds is 7. The van der Waals surface area contributed by atoms with Gasteiger partial charge >= 0.3 is 0 Å². The van der Waals surface area contributed by atoms with Crippen LogP contribution in [0.25, 0.3) is 0 Å². The first-order chi connectivity index (χ1) is 9.78. The van der Waals surface area contributed by atoms with Crippen LogP contribution in [-0.2, 0) is 13.2 Å². The molecule has 0 atom stereocenters. The van der Waals surface area contributed by atoms with E-state index in [0.29, 0.717) is 6.61 Å². The van der Waals surface area contributed by atoms with Crippen LogP contribution in [0.15, 0.2) is 48.5 Å². The summed E-state index contributed by atoms with van der Waals surface area (Å²) in [6.07, 6.45) is 1.16. The quantitative estimate of drug-likeness (QED) is 0.765. The molecule has 0 spiro atoms. The van der Waals surface area contributed by atoms with Crippen molar-refractivity contribution in [3.05, 3.63) is 65.2 Å². The average Bonchev–Trinajstić information content (AvgIpc) is 2.48. The Morgan fingerprint density at radius 2 is 1.55 bits per heavy atom. The van der Waals surface area contributed by atoms with Crippen molar-refractivity contribution in [2.24, 2.45) is 0 Å². The van der Waals surface area contributed by atoms with E-state index in [1.165, 1.54) is 16.7 Å². The van der Waals surface area contributed by atoms with Gasteiger partial charge in [-0.15, -0.1) is 0 Å². The number of hydrogen-bond acceptors (Lipinski definition) is 2. The summed E-state index contributed by atoms with van der Waals surface area (Å²) in [6.45, 7) is 6.87. The summed E-state index contributed by atoms with van der Waals surface area (Å²) in [6, 6.07) is 16.8. The van der Waals surface area contributed by atoms with Gasteiger partial charge in [0.15, 0.2) is 0 Å². The molecule has 0 amide bonds. The van der Waals surface area contributed by atoms with Gasteiger partial charge in [-0.05, 0) is 43.1 Å². The van der Waals surface area contributed by atoms with E-state index in [1.54, 1.807) is 0 Å². The SMILES string of the molecule is CCCNCc1ccc(OCc2ccc(C)cc2)cc1. The van der Waals surface area contributed by atoms with E-state index < -0.39 is 0 Å². The fourth-order valence-corrected chi connectivity index (χ4v) is 1.96. The lowest BCUT2D eigenvalue weighted by molar-refractivity contribution is 0.306. The predicted octanol–water partition coefficient (Wildman–Crippen LogP) is 4.07. The molecule has 2 rings (SSSR count). The van der Waals surface area contributed by atoms with Crippen molar-refractivity contribution in [3.63, 3.8) is 0 Å². The first kappa shape index (κ1) is 14.6. The lowest BCUT2D eigenvalue weighted by atomic mass is 10.2. The molecule has 0 aliphatic carbocycles. The Bertz CT molecular complexity index is 502. The van der Waals surface area contributed by atoms with Gasteiger partial charge < -0.3 is 10.1 Å². The van der Waals surface area contributed by atoms with Gasteiger partial charge in [-0.25, -0.2) is 0 Å². The van der Waals surface area contributed by atoms with Gasteiger partial charge in [0.05, 0.1) is 0 Å². The third kappa shape index (κ3) is 4.71. The molecule has 2 aromatic rings. The molecule has 0 bridgehead atoms. The molecule has 0 saturated carbocycles. The van der Waals surface area contributed by atoms with Gasteiger partial charge in [0.1, 0.15) is 12.4 Å². The molecule has 20 heavy (non-hydrogen) atoms. The number of nitrogens with one attached hydrogen (secondary N) is 1. The van der Waals surface area contributed by atoms with E-state index in [1.807, 2.05) is 12.1 Å². The molecule has 2 nitrogen and oxygen atoms in total. The normalized spacial score (nSPS) is 10.5. The zero-order valence-electron chi connectivity index (χ0n) is 12.4. The standard InChI is InChI=1S/C18H23NO/c1-3-12-19-13-16-8-10-18(11-9-16)20-14-17-6-4-15(2)5-7-17/h4-11,19H,3,12-14H2,1-2H3. The summed E-state index contributed by atoms with van der Waals surface area (Å²) in [5.74, 6) is 0.921. The fourth-order valence-electron chi connectivity index (χ4n) is 1.96. The zero-order chi connectivity index (χ0) is 14.2. The fraction of sp³-hybridized carbons (Fsp3) is 0.333. The Labute approximate surface area is 121 Å². The van der Waals surface area contributed by atoms with Crippen molar-refractivity contribution in [2.45, 2.75) is 33.4 Å². The average molecular weight is 269 g/mol. The Hall–Kier alpha value is -1.80. The molecule has 0 heterocycles. The van der Waals surface area contributed by atoms with Crippen molar-refractivity contribution >= 4 is 0 Å². The summed E-state index contributed by atoms with van der Waals surface area (Å²) < 4.78 is 5.79. The number of hydrogen-bond donors (Lipinski definition) is 1. The smallest absolute Gasteiger partial charge is 0.119 e. The lowest BCUT2D eigenvalue weighted by Gasteiger charge is -2.08. The van der Waals surface area contributed by atoms with Crippen LogP contribution >= 0.6 is 0 Å². The van der Waals surface area contributed by atoms with Gasteiger partial charge in [-0.1, -0.05) is 48.9 Å². The van der Waals surface area contributed by atoms with Gasteiger partial charge in [-0.3, -0.25) is 0 Å². The minimum atomic E-state index is 0.619. The molecule has 0 aromatic heterocycles. The van der Waals surface area contributed by atoms with E-state index in [4.69, 9.17) is 4.74 Å². The van der Waals surface area contributed by atoms with Crippen molar-refractivity contribution in [1.82, 2.24) is 5.32 Å². The van der Waals surface area contributed by atoms with Crippen LogP contribution in [0.5, 0.6) is 5.75 Å². The second-order valence-electron chi connectivity index (χ2n) is 5.10. The Morgan fingerprint density at radius 3 is 2.20 bits per heavy atom. The van der Waals surface area contributed by atoms with Crippen LogP contribution in [0.2, 0.25) is 0 Å². The molecule has 0 unspecified atom stereocenters. The van der Waals surface area contributed by atoms with E-state index in [0.717, 1.165) is 25.3 Å². The minimum absolute atomic E-state index is 0.619. The summed E-state index contributed by atoms with van der Waals surface area (Å²) in [5, 5.41) is 3.39. The monoisotopic (exact) mass is 269 g/mol. The molecule has 1 N–H and O–H groups in total. The number of ether oxygens (including phenoxy) is 1. The maximum atomic E-state index is 5.79. The van der Waals surface area contributed by atoms with Crippen LogP contribution in [0, 0.1) is 6.92 Å². The summed E-state index contributed by atoms with van der Waals surface area (Å²) >= 11 is 0. The van der Waals surface area contributed by atoms with Crippen molar-refractivity contribution in [2.75, 3.05) is 6.54 Å². The molecule has 2 aromatic carbocycles. The van der Waals surface area contributed by atoms with E-state index >= 15 is 0 Å². The second kappa shape index (κ2) is 7.71. The molecule has 0 aliphatic heterocycles. The Morgan fingerprint density at radius 1 is 0.900 bits per heavy atom. The highest BCUT2D eigenvalue weighted by atomic mass is 16.5. The molecule has 106 valence electrons. The zero-order valence-corrected chi connectivity index (χ0v) is 12.4. The largest absolute Gasteiger partial charge is 0.489 e. The molecular weight excluding hydrogens is 246 g/mol. The van der Waals surface area contributed by atoms with Crippen molar-refractivity contribution < 1.29 is 4.74 Å². The second-order valence-corrected chi connectivity index (χ2v) is 5.10. The molecule has 0 aliphatic rings. The number of benzene rings is 2. The highest BCUT2D eigenvalue weighted by Crippen LogP contribution is 2.14. The van der Waals surface area contributed by atoms with Gasteiger partial charge in [0, 0.05) is 6.54 Å². The van der Waals surface area contributed by atoms with Crippen LogP contribution in [0.3, 0.4) is 0 Å². The Kier molecular flexibility index (Phi) is 5.63. The summed E-state index contributed by atoms with van der Waals surface area (Å²) in [7, 11) is 0. The maximum absolute atomic E-state index is 5.79. The van der Waals surface area contributed by atoms with E-state index in [-0.39, 0.29) is 0 Å². The molecule has 2 heteroatoms. The topological polar surface area (TPSA) is 21.3 Å². The lowest BCUT2D eigenvalue weighted by Crippen LogP contribution is -2.13. The third-order valence-electron chi connectivity index (χ3n) is 3.21. The van der Waals surface area contributed by atoms with Gasteiger partial charge in [0.2, 0.25) is 0 Å². The maximum Gasteiger partial charge on any atom is 0.119 e. The minimum Gasteiger partial charge on any atom is -0.489 e. The number of aryl methyl sites for hydroxylation is 1. The van der Waals surface area contributed by atoms with Crippen LogP contribution < -0.4 is 10.1 Å². The third-order valence-corrected chi connectivity index (χ3v) is 3.21. The first-order valence-electron chi connectivity index (χ1n) is 7.26. The van der Waals surface area contributed by atoms with Crippen LogP contribution in [-0.4, -0.2) is 6.54 Å². The molecular formula is C18H23NO. The van der Waals surface area contributed by atoms with Crippen LogP contribution in [0.4, 0.5) is 0 Å².